The summed E-state index contributed by atoms with van der Waals surface area (Å²) in [5.74, 6) is -2.12. The Morgan fingerprint density at radius 1 is 1.12 bits per heavy atom. The molecule has 0 saturated carbocycles. The molecular weight excluding hydrogens is 474 g/mol. The van der Waals surface area contributed by atoms with Gasteiger partial charge in [-0.2, -0.15) is 4.99 Å². The summed E-state index contributed by atoms with van der Waals surface area (Å²) < 4.78 is 33.7. The molecule has 0 N–H and O–H groups in total. The van der Waals surface area contributed by atoms with Crippen LogP contribution in [0.15, 0.2) is 47.5 Å². The highest BCUT2D eigenvalue weighted by molar-refractivity contribution is 7.92. The Morgan fingerprint density at radius 2 is 1.91 bits per heavy atom. The first kappa shape index (κ1) is 24.2. The summed E-state index contributed by atoms with van der Waals surface area (Å²) in [4.78, 5) is 31.4. The number of nitrogens with zero attached hydrogens (tertiary/aromatic N) is 3. The number of aromatic nitrogens is 1. The first-order valence-electron chi connectivity index (χ1n) is 11.2. The molecular formula is C24H27N3O5S2. The first-order valence-corrected chi connectivity index (χ1v) is 13.9. The Kier molecular flexibility index (Phi) is 7.18. The van der Waals surface area contributed by atoms with Crippen molar-refractivity contribution in [3.63, 3.8) is 0 Å². The van der Waals surface area contributed by atoms with Crippen LogP contribution in [0.1, 0.15) is 25.8 Å². The van der Waals surface area contributed by atoms with Crippen molar-refractivity contribution in [2.45, 2.75) is 33.2 Å². The maximum atomic E-state index is 12.8. The van der Waals surface area contributed by atoms with Crippen LogP contribution in [-0.4, -0.2) is 49.5 Å². The van der Waals surface area contributed by atoms with E-state index in [1.54, 1.807) is 0 Å². The number of hydrogen-bond acceptors (Lipinski definition) is 6. The number of hydrogen-bond donors (Lipinski definition) is 0. The minimum atomic E-state index is -3.97. The Morgan fingerprint density at radius 3 is 2.68 bits per heavy atom. The van der Waals surface area contributed by atoms with Crippen molar-refractivity contribution in [1.82, 2.24) is 4.57 Å². The fourth-order valence-corrected chi connectivity index (χ4v) is 6.35. The van der Waals surface area contributed by atoms with Crippen LogP contribution in [0.3, 0.4) is 0 Å². The molecule has 0 bridgehead atoms. The highest BCUT2D eigenvalue weighted by Gasteiger charge is 2.28. The lowest BCUT2D eigenvalue weighted by atomic mass is 10.0. The predicted octanol–water partition coefficient (Wildman–Crippen LogP) is 2.94. The molecule has 0 fully saturated rings. The summed E-state index contributed by atoms with van der Waals surface area (Å²) in [7, 11) is -3.97. The molecule has 8 nitrogen and oxygen atoms in total. The molecule has 2 heterocycles. The summed E-state index contributed by atoms with van der Waals surface area (Å²) in [5.41, 5.74) is 2.65. The fraction of sp³-hybridized carbons (Fsp3) is 0.375. The highest BCUT2D eigenvalue weighted by atomic mass is 32.2. The molecule has 1 aliphatic rings. The van der Waals surface area contributed by atoms with Gasteiger partial charge in [-0.3, -0.25) is 9.59 Å². The van der Waals surface area contributed by atoms with Crippen LogP contribution in [0.5, 0.6) is 5.75 Å². The third kappa shape index (κ3) is 5.23. The minimum Gasteiger partial charge on any atom is -0.494 e. The fourth-order valence-electron chi connectivity index (χ4n) is 4.14. The molecule has 34 heavy (non-hydrogen) atoms. The summed E-state index contributed by atoms with van der Waals surface area (Å²) in [6.07, 6.45) is 1.62. The van der Waals surface area contributed by atoms with Gasteiger partial charge in [0, 0.05) is 18.8 Å². The largest absolute Gasteiger partial charge is 0.494 e. The van der Waals surface area contributed by atoms with E-state index in [4.69, 9.17) is 4.74 Å². The topological polar surface area (TPSA) is 98.0 Å². The molecule has 1 aromatic heterocycles. The number of thiazole rings is 1. The monoisotopic (exact) mass is 501 g/mol. The van der Waals surface area contributed by atoms with Gasteiger partial charge in [0.25, 0.3) is 5.91 Å². The molecule has 0 atom stereocenters. The third-order valence-electron chi connectivity index (χ3n) is 5.60. The van der Waals surface area contributed by atoms with E-state index < -0.39 is 33.2 Å². The van der Waals surface area contributed by atoms with Crippen molar-refractivity contribution >= 4 is 48.9 Å². The number of fused-ring (bicyclic) bond motifs is 2. The zero-order valence-electron chi connectivity index (χ0n) is 19.2. The average molecular weight is 502 g/mol. The molecule has 0 spiro atoms. The molecule has 2 aromatic carbocycles. The molecule has 1 aliphatic heterocycles. The van der Waals surface area contributed by atoms with E-state index in [1.165, 1.54) is 16.2 Å². The van der Waals surface area contributed by atoms with Crippen LogP contribution in [0.2, 0.25) is 0 Å². The van der Waals surface area contributed by atoms with E-state index >= 15 is 0 Å². The zero-order valence-corrected chi connectivity index (χ0v) is 20.8. The lowest BCUT2D eigenvalue weighted by Gasteiger charge is -2.29. The molecule has 0 saturated heterocycles. The van der Waals surface area contributed by atoms with Gasteiger partial charge in [-0.1, -0.05) is 29.5 Å². The summed E-state index contributed by atoms with van der Waals surface area (Å²) in [5, 5.41) is 0. The lowest BCUT2D eigenvalue weighted by Crippen LogP contribution is -2.40. The van der Waals surface area contributed by atoms with E-state index in [2.05, 4.69) is 4.99 Å². The van der Waals surface area contributed by atoms with Gasteiger partial charge in [0.1, 0.15) is 17.3 Å². The van der Waals surface area contributed by atoms with Crippen LogP contribution in [0, 0.1) is 0 Å². The van der Waals surface area contributed by atoms with E-state index in [-0.39, 0.29) is 0 Å². The van der Waals surface area contributed by atoms with E-state index in [0.29, 0.717) is 24.5 Å². The van der Waals surface area contributed by atoms with Crippen LogP contribution < -0.4 is 14.4 Å². The van der Waals surface area contributed by atoms with Gasteiger partial charge in [-0.15, -0.1) is 0 Å². The van der Waals surface area contributed by atoms with E-state index in [9.17, 15) is 18.0 Å². The van der Waals surface area contributed by atoms with Crippen LogP contribution in [0.25, 0.3) is 10.2 Å². The van der Waals surface area contributed by atoms with Gasteiger partial charge in [0.05, 0.1) is 16.8 Å². The molecule has 10 heteroatoms. The van der Waals surface area contributed by atoms with Gasteiger partial charge >= 0.3 is 0 Å². The maximum absolute atomic E-state index is 12.8. The minimum absolute atomic E-state index is 0.419. The second-order valence-electron chi connectivity index (χ2n) is 8.01. The third-order valence-corrected chi connectivity index (χ3v) is 8.01. The van der Waals surface area contributed by atoms with Crippen LogP contribution >= 0.6 is 11.3 Å². The Balaban J connectivity index is 1.52. The zero-order chi connectivity index (χ0) is 24.3. The van der Waals surface area contributed by atoms with Gasteiger partial charge in [-0.05, 0) is 56.5 Å². The Labute approximate surface area is 202 Å². The molecule has 4 rings (SSSR count). The van der Waals surface area contributed by atoms with E-state index in [0.717, 1.165) is 40.1 Å². The standard InChI is InChI=1S/C24H27N3O5S2/c1-3-26-20-12-11-18(32-4-2)14-21(20)33-24(26)25-22(28)15-34(30,31)16-23(29)27-13-7-9-17-8-5-6-10-19(17)27/h5-6,8,10-12,14H,3-4,7,9,13,15-16H2,1-2H3. The summed E-state index contributed by atoms with van der Waals surface area (Å²) in [6, 6.07) is 13.1. The molecule has 3 aromatic rings. The first-order chi connectivity index (χ1) is 16.3. The molecule has 180 valence electrons. The van der Waals surface area contributed by atoms with Crippen molar-refractivity contribution in [2.75, 3.05) is 29.6 Å². The van der Waals surface area contributed by atoms with Gasteiger partial charge in [0.2, 0.25) is 5.91 Å². The number of carbonyl (C=O) groups is 2. The smallest absolute Gasteiger partial charge is 0.263 e. The van der Waals surface area contributed by atoms with Gasteiger partial charge in [0.15, 0.2) is 14.6 Å². The second kappa shape index (κ2) is 10.1. The average Bonchev–Trinajstić information content (AvgIpc) is 3.13. The normalized spacial score (nSPS) is 14.3. The summed E-state index contributed by atoms with van der Waals surface area (Å²) >= 11 is 1.30. The number of sulfone groups is 1. The van der Waals surface area contributed by atoms with Crippen molar-refractivity contribution in [1.29, 1.82) is 0 Å². The number of anilines is 1. The lowest BCUT2D eigenvalue weighted by molar-refractivity contribution is -0.116. The molecule has 2 amide bonds. The van der Waals surface area contributed by atoms with Crippen molar-refractivity contribution < 1.29 is 22.7 Å². The van der Waals surface area contributed by atoms with Crippen LogP contribution in [-0.2, 0) is 32.4 Å². The van der Waals surface area contributed by atoms with Crippen LogP contribution in [0.4, 0.5) is 5.69 Å². The number of carbonyl (C=O) groups excluding carboxylic acids is 2. The molecule has 0 unspecified atom stereocenters. The summed E-state index contributed by atoms with van der Waals surface area (Å²) in [6.45, 7) is 5.41. The van der Waals surface area contributed by atoms with Gasteiger partial charge < -0.3 is 14.2 Å². The van der Waals surface area contributed by atoms with Crippen molar-refractivity contribution in [3.05, 3.63) is 52.8 Å². The van der Waals surface area contributed by atoms with Gasteiger partial charge in [-0.25, -0.2) is 8.42 Å². The van der Waals surface area contributed by atoms with E-state index in [1.807, 2.05) is 60.9 Å². The maximum Gasteiger partial charge on any atom is 0.263 e. The number of para-hydroxylation sites is 1. The second-order valence-corrected chi connectivity index (χ2v) is 11.1. The quantitative estimate of drug-likeness (QED) is 0.496. The molecule has 0 aliphatic carbocycles. The van der Waals surface area contributed by atoms with Crippen molar-refractivity contribution in [3.8, 4) is 5.75 Å². The Hall–Kier alpha value is -2.98. The number of rotatable bonds is 7. The SMILES string of the molecule is CCOc1ccc2c(c1)sc(=NC(=O)CS(=O)(=O)CC(=O)N1CCCc3ccccc31)n2CC. The number of ether oxygens (including phenoxy) is 1. The highest BCUT2D eigenvalue weighted by Crippen LogP contribution is 2.27. The predicted molar refractivity (Wildman–Crippen MR) is 133 cm³/mol. The Bertz CT molecular complexity index is 1410. The number of aryl methyl sites for hydroxylation is 2. The number of amides is 2. The van der Waals surface area contributed by atoms with Crippen molar-refractivity contribution in [2.24, 2.45) is 4.99 Å². The number of benzene rings is 2. The molecule has 0 radical (unpaired) electrons.